The topological polar surface area (TPSA) is 48.7 Å². The van der Waals surface area contributed by atoms with Gasteiger partial charge in [-0.15, -0.1) is 0 Å². The van der Waals surface area contributed by atoms with Crippen LogP contribution in [0.3, 0.4) is 0 Å². The number of pyridine rings is 1. The second-order valence-corrected chi connectivity index (χ2v) is 5.02. The molecule has 1 N–H and O–H groups in total. The summed E-state index contributed by atoms with van der Waals surface area (Å²) in [5, 5.41) is 12.4. The van der Waals surface area contributed by atoms with Gasteiger partial charge in [-0.3, -0.25) is 4.98 Å². The summed E-state index contributed by atoms with van der Waals surface area (Å²) in [6.45, 7) is 4.62. The number of rotatable bonds is 3. The molecule has 0 aliphatic heterocycles. The van der Waals surface area contributed by atoms with Crippen LogP contribution < -0.4 is 5.32 Å². The monoisotopic (exact) mass is 215 g/mol. The van der Waals surface area contributed by atoms with E-state index in [-0.39, 0.29) is 5.41 Å². The Kier molecular flexibility index (Phi) is 2.93. The molecule has 1 aliphatic carbocycles. The third kappa shape index (κ3) is 2.23. The molecule has 0 saturated heterocycles. The molecule has 0 aromatic carbocycles. The molecule has 1 aromatic rings. The summed E-state index contributed by atoms with van der Waals surface area (Å²) in [6.07, 6.45) is 4.02. The van der Waals surface area contributed by atoms with Gasteiger partial charge in [0.2, 0.25) is 0 Å². The van der Waals surface area contributed by atoms with Gasteiger partial charge in [-0.2, -0.15) is 5.26 Å². The maximum absolute atomic E-state index is 8.96. The van der Waals surface area contributed by atoms with Crippen molar-refractivity contribution in [3.8, 4) is 6.07 Å². The number of aryl methyl sites for hydroxylation is 1. The van der Waals surface area contributed by atoms with Gasteiger partial charge in [0.15, 0.2) is 0 Å². The van der Waals surface area contributed by atoms with E-state index in [2.05, 4.69) is 22.4 Å². The molecule has 0 spiro atoms. The van der Waals surface area contributed by atoms with Crippen molar-refractivity contribution in [2.24, 2.45) is 5.41 Å². The largest absolute Gasteiger partial charge is 0.307 e. The molecular weight excluding hydrogens is 198 g/mol. The third-order valence-corrected chi connectivity index (χ3v) is 3.05. The van der Waals surface area contributed by atoms with E-state index in [0.29, 0.717) is 12.6 Å². The summed E-state index contributed by atoms with van der Waals surface area (Å²) in [7, 11) is 0. The molecular formula is C13H17N3. The first-order chi connectivity index (χ1) is 7.62. The van der Waals surface area contributed by atoms with E-state index < -0.39 is 0 Å². The van der Waals surface area contributed by atoms with Gasteiger partial charge < -0.3 is 5.32 Å². The zero-order chi connectivity index (χ0) is 11.6. The molecule has 0 amide bonds. The van der Waals surface area contributed by atoms with Gasteiger partial charge in [0, 0.05) is 12.7 Å². The van der Waals surface area contributed by atoms with Gasteiger partial charge in [0.1, 0.15) is 0 Å². The number of hydrogen-bond acceptors (Lipinski definition) is 3. The minimum Gasteiger partial charge on any atom is -0.307 e. The average molecular weight is 215 g/mol. The average Bonchev–Trinajstić information content (AvgIpc) is 2.70. The molecule has 1 atom stereocenters. The van der Waals surface area contributed by atoms with Crippen molar-refractivity contribution in [1.82, 2.24) is 10.3 Å². The maximum atomic E-state index is 8.96. The van der Waals surface area contributed by atoms with Gasteiger partial charge in [0.05, 0.1) is 23.2 Å². The first-order valence-electron chi connectivity index (χ1n) is 5.71. The van der Waals surface area contributed by atoms with E-state index in [4.69, 9.17) is 5.26 Å². The standard InChI is InChI=1S/C13H17N3/c1-13(2,8-14)9-16-11-6-5-10-4-3-7-15-12(10)11/h3-4,7,11,16H,5-6,9H2,1-2H3. The van der Waals surface area contributed by atoms with Crippen molar-refractivity contribution < 1.29 is 0 Å². The number of hydrogen-bond donors (Lipinski definition) is 1. The van der Waals surface area contributed by atoms with Crippen LogP contribution in [0.5, 0.6) is 0 Å². The van der Waals surface area contributed by atoms with Crippen molar-refractivity contribution in [3.63, 3.8) is 0 Å². The minimum atomic E-state index is -0.308. The summed E-state index contributed by atoms with van der Waals surface area (Å²) >= 11 is 0. The lowest BCUT2D eigenvalue weighted by Crippen LogP contribution is -2.30. The number of nitrogens with zero attached hydrogens (tertiary/aromatic N) is 2. The Morgan fingerprint density at radius 1 is 1.62 bits per heavy atom. The summed E-state index contributed by atoms with van der Waals surface area (Å²) in [4.78, 5) is 4.42. The van der Waals surface area contributed by atoms with Crippen LogP contribution in [0.1, 0.15) is 37.6 Å². The Balaban J connectivity index is 2.02. The zero-order valence-corrected chi connectivity index (χ0v) is 9.83. The lowest BCUT2D eigenvalue weighted by atomic mass is 9.95. The number of nitrogens with one attached hydrogen (secondary N) is 1. The number of aromatic nitrogens is 1. The quantitative estimate of drug-likeness (QED) is 0.841. The molecule has 1 aromatic heterocycles. The molecule has 84 valence electrons. The van der Waals surface area contributed by atoms with Gasteiger partial charge in [-0.05, 0) is 38.3 Å². The van der Waals surface area contributed by atoms with Crippen molar-refractivity contribution in [2.75, 3.05) is 6.54 Å². The Hall–Kier alpha value is -1.40. The number of nitriles is 1. The van der Waals surface area contributed by atoms with Crippen molar-refractivity contribution in [3.05, 3.63) is 29.6 Å². The fourth-order valence-corrected chi connectivity index (χ4v) is 2.03. The molecule has 2 rings (SSSR count). The van der Waals surface area contributed by atoms with Crippen LogP contribution in [-0.2, 0) is 6.42 Å². The highest BCUT2D eigenvalue weighted by molar-refractivity contribution is 5.27. The number of fused-ring (bicyclic) bond motifs is 1. The second-order valence-electron chi connectivity index (χ2n) is 5.02. The van der Waals surface area contributed by atoms with Crippen LogP contribution in [0.2, 0.25) is 0 Å². The lowest BCUT2D eigenvalue weighted by molar-refractivity contribution is 0.399. The fraction of sp³-hybridized carbons (Fsp3) is 0.538. The molecule has 1 unspecified atom stereocenters. The van der Waals surface area contributed by atoms with Crippen molar-refractivity contribution in [2.45, 2.75) is 32.7 Å². The fourth-order valence-electron chi connectivity index (χ4n) is 2.03. The second kappa shape index (κ2) is 4.23. The molecule has 0 saturated carbocycles. The summed E-state index contributed by atoms with van der Waals surface area (Å²) in [5.41, 5.74) is 2.20. The Morgan fingerprint density at radius 3 is 3.19 bits per heavy atom. The Morgan fingerprint density at radius 2 is 2.44 bits per heavy atom. The summed E-state index contributed by atoms with van der Waals surface area (Å²) in [6, 6.07) is 6.75. The van der Waals surface area contributed by atoms with Gasteiger partial charge >= 0.3 is 0 Å². The molecule has 1 heterocycles. The van der Waals surface area contributed by atoms with Crippen LogP contribution in [-0.4, -0.2) is 11.5 Å². The highest BCUT2D eigenvalue weighted by Crippen LogP contribution is 2.29. The molecule has 0 bridgehead atoms. The molecule has 0 radical (unpaired) electrons. The SMILES string of the molecule is CC(C)(C#N)CNC1CCc2cccnc21. The summed E-state index contributed by atoms with van der Waals surface area (Å²) in [5.74, 6) is 0. The Labute approximate surface area is 96.5 Å². The molecule has 3 nitrogen and oxygen atoms in total. The molecule has 0 fully saturated rings. The molecule has 16 heavy (non-hydrogen) atoms. The van der Waals surface area contributed by atoms with E-state index in [1.54, 1.807) is 0 Å². The van der Waals surface area contributed by atoms with E-state index in [1.165, 1.54) is 5.56 Å². The van der Waals surface area contributed by atoms with Gasteiger partial charge in [0.25, 0.3) is 0 Å². The minimum absolute atomic E-state index is 0.308. The van der Waals surface area contributed by atoms with Crippen LogP contribution in [0.25, 0.3) is 0 Å². The predicted octanol–water partition coefficient (Wildman–Crippen LogP) is 2.21. The Bertz CT molecular complexity index is 417. The van der Waals surface area contributed by atoms with E-state index >= 15 is 0 Å². The van der Waals surface area contributed by atoms with Crippen LogP contribution in [0.15, 0.2) is 18.3 Å². The summed E-state index contributed by atoms with van der Waals surface area (Å²) < 4.78 is 0. The molecule has 3 heteroatoms. The maximum Gasteiger partial charge on any atom is 0.0697 e. The lowest BCUT2D eigenvalue weighted by Gasteiger charge is -2.20. The van der Waals surface area contributed by atoms with E-state index in [0.717, 1.165) is 18.5 Å². The zero-order valence-electron chi connectivity index (χ0n) is 9.83. The molecule has 1 aliphatic rings. The van der Waals surface area contributed by atoms with Crippen LogP contribution in [0, 0.1) is 16.7 Å². The van der Waals surface area contributed by atoms with E-state index in [9.17, 15) is 0 Å². The van der Waals surface area contributed by atoms with E-state index in [1.807, 2.05) is 26.1 Å². The van der Waals surface area contributed by atoms with Crippen molar-refractivity contribution >= 4 is 0 Å². The van der Waals surface area contributed by atoms with Gasteiger partial charge in [-0.1, -0.05) is 6.07 Å². The highest BCUT2D eigenvalue weighted by atomic mass is 15.0. The van der Waals surface area contributed by atoms with Gasteiger partial charge in [-0.25, -0.2) is 0 Å². The van der Waals surface area contributed by atoms with Crippen LogP contribution >= 0.6 is 0 Å². The highest BCUT2D eigenvalue weighted by Gasteiger charge is 2.25. The first-order valence-corrected chi connectivity index (χ1v) is 5.71. The first kappa shape index (κ1) is 11.1. The van der Waals surface area contributed by atoms with Crippen molar-refractivity contribution in [1.29, 1.82) is 5.26 Å². The third-order valence-electron chi connectivity index (χ3n) is 3.05. The van der Waals surface area contributed by atoms with Crippen LogP contribution in [0.4, 0.5) is 0 Å². The normalized spacial score (nSPS) is 19.2. The predicted molar refractivity (Wildman–Crippen MR) is 62.7 cm³/mol. The smallest absolute Gasteiger partial charge is 0.0697 e.